The van der Waals surface area contributed by atoms with Crippen LogP contribution in [-0.2, 0) is 14.8 Å². The fraction of sp³-hybridized carbons (Fsp3) is 0.481. The van der Waals surface area contributed by atoms with Crippen molar-refractivity contribution in [2.75, 3.05) is 64.5 Å². The standard InChI is InChI=1S/C27H34N4O5S2.ClH/c1-20-6-11-23(35-2)24-25(20)37-27(28-24)31(15-5-12-29-16-18-36-19-17-29)26(32)21-7-9-22(10-8-21)38(33,34)30-13-3-4-14-30;/h6-11H,3-5,12-19H2,1-2H3;1H. The molecule has 0 unspecified atom stereocenters. The Kier molecular flexibility index (Phi) is 9.84. The Labute approximate surface area is 240 Å². The van der Waals surface area contributed by atoms with Crippen LogP contribution in [0.3, 0.4) is 0 Å². The zero-order valence-electron chi connectivity index (χ0n) is 22.3. The van der Waals surface area contributed by atoms with Crippen LogP contribution in [0.25, 0.3) is 10.2 Å². The molecule has 39 heavy (non-hydrogen) atoms. The molecule has 0 N–H and O–H groups in total. The lowest BCUT2D eigenvalue weighted by molar-refractivity contribution is 0.0376. The van der Waals surface area contributed by atoms with Crippen LogP contribution in [0, 0.1) is 6.92 Å². The number of amides is 1. The second-order valence-electron chi connectivity index (χ2n) is 9.66. The number of methoxy groups -OCH3 is 1. The number of aromatic nitrogens is 1. The number of ether oxygens (including phenoxy) is 2. The van der Waals surface area contributed by atoms with Crippen molar-refractivity contribution in [3.8, 4) is 5.75 Å². The van der Waals surface area contributed by atoms with E-state index in [2.05, 4.69) is 4.90 Å². The molecule has 0 saturated carbocycles. The molecule has 12 heteroatoms. The summed E-state index contributed by atoms with van der Waals surface area (Å²) < 4.78 is 39.4. The minimum atomic E-state index is -3.54. The van der Waals surface area contributed by atoms with Gasteiger partial charge in [0.15, 0.2) is 5.13 Å². The predicted octanol–water partition coefficient (Wildman–Crippen LogP) is 4.19. The molecule has 0 atom stereocenters. The Hall–Kier alpha value is -2.28. The van der Waals surface area contributed by atoms with Crippen molar-refractivity contribution in [2.45, 2.75) is 31.1 Å². The lowest BCUT2D eigenvalue weighted by Crippen LogP contribution is -2.39. The van der Waals surface area contributed by atoms with Gasteiger partial charge >= 0.3 is 0 Å². The van der Waals surface area contributed by atoms with Crippen molar-refractivity contribution in [3.63, 3.8) is 0 Å². The van der Waals surface area contributed by atoms with E-state index in [1.54, 1.807) is 36.3 Å². The summed E-state index contributed by atoms with van der Waals surface area (Å²) in [5.41, 5.74) is 2.24. The summed E-state index contributed by atoms with van der Waals surface area (Å²) in [6.07, 6.45) is 2.53. The summed E-state index contributed by atoms with van der Waals surface area (Å²) in [6.45, 7) is 7.68. The van der Waals surface area contributed by atoms with Gasteiger partial charge in [0.1, 0.15) is 11.3 Å². The number of morpholine rings is 1. The van der Waals surface area contributed by atoms with E-state index < -0.39 is 10.0 Å². The molecule has 1 aromatic heterocycles. The van der Waals surface area contributed by atoms with Gasteiger partial charge in [-0.05, 0) is 62.1 Å². The number of nitrogens with zero attached hydrogens (tertiary/aromatic N) is 4. The maximum atomic E-state index is 13.8. The van der Waals surface area contributed by atoms with Crippen molar-refractivity contribution in [1.29, 1.82) is 0 Å². The molecular weight excluding hydrogens is 560 g/mol. The number of anilines is 1. The largest absolute Gasteiger partial charge is 0.494 e. The number of aryl methyl sites for hydroxylation is 1. The zero-order valence-corrected chi connectivity index (χ0v) is 24.7. The van der Waals surface area contributed by atoms with Crippen molar-refractivity contribution in [1.82, 2.24) is 14.2 Å². The topological polar surface area (TPSA) is 92.3 Å². The van der Waals surface area contributed by atoms with Crippen molar-refractivity contribution < 1.29 is 22.7 Å². The molecule has 212 valence electrons. The number of thiazole rings is 1. The summed E-state index contributed by atoms with van der Waals surface area (Å²) in [7, 11) is -1.92. The lowest BCUT2D eigenvalue weighted by atomic mass is 10.2. The molecule has 1 amide bonds. The molecule has 9 nitrogen and oxygen atoms in total. The van der Waals surface area contributed by atoms with E-state index in [9.17, 15) is 13.2 Å². The third kappa shape index (κ3) is 6.39. The molecule has 0 spiro atoms. The number of fused-ring (bicyclic) bond motifs is 1. The number of hydrogen-bond donors (Lipinski definition) is 0. The lowest BCUT2D eigenvalue weighted by Gasteiger charge is -2.27. The van der Waals surface area contributed by atoms with Crippen molar-refractivity contribution >= 4 is 55.0 Å². The molecule has 0 bridgehead atoms. The molecular formula is C27H35ClN4O5S2. The van der Waals surface area contributed by atoms with Gasteiger partial charge < -0.3 is 9.47 Å². The van der Waals surface area contributed by atoms with Gasteiger partial charge in [-0.1, -0.05) is 17.4 Å². The zero-order chi connectivity index (χ0) is 26.7. The maximum Gasteiger partial charge on any atom is 0.260 e. The highest BCUT2D eigenvalue weighted by atomic mass is 35.5. The van der Waals surface area contributed by atoms with Crippen molar-refractivity contribution in [2.24, 2.45) is 0 Å². The number of hydrogen-bond acceptors (Lipinski definition) is 8. The average molecular weight is 595 g/mol. The number of carbonyl (C=O) groups excluding carboxylic acids is 1. The van der Waals surface area contributed by atoms with Crippen LogP contribution >= 0.6 is 23.7 Å². The number of sulfonamides is 1. The Bertz CT molecular complexity index is 1390. The maximum absolute atomic E-state index is 13.8. The van der Waals surface area contributed by atoms with E-state index in [4.69, 9.17) is 14.5 Å². The predicted molar refractivity (Wildman–Crippen MR) is 156 cm³/mol. The highest BCUT2D eigenvalue weighted by molar-refractivity contribution is 7.89. The highest BCUT2D eigenvalue weighted by Gasteiger charge is 2.28. The molecule has 2 fully saturated rings. The summed E-state index contributed by atoms with van der Waals surface area (Å²) in [5.74, 6) is 0.470. The van der Waals surface area contributed by atoms with E-state index in [1.165, 1.54) is 15.6 Å². The number of carbonyl (C=O) groups is 1. The Morgan fingerprint density at radius 1 is 1.08 bits per heavy atom. The van der Waals surface area contributed by atoms with Crippen LogP contribution in [0.5, 0.6) is 5.75 Å². The molecule has 2 aliphatic rings. The van der Waals surface area contributed by atoms with Crippen LogP contribution < -0.4 is 9.64 Å². The van der Waals surface area contributed by atoms with Crippen molar-refractivity contribution in [3.05, 3.63) is 47.5 Å². The summed E-state index contributed by atoms with van der Waals surface area (Å²) in [4.78, 5) is 22.9. The second kappa shape index (κ2) is 12.9. The Morgan fingerprint density at radius 3 is 2.44 bits per heavy atom. The van der Waals surface area contributed by atoms with Crippen LogP contribution in [0.1, 0.15) is 35.2 Å². The molecule has 0 radical (unpaired) electrons. The normalized spacial score (nSPS) is 16.8. The third-order valence-electron chi connectivity index (χ3n) is 7.15. The first-order valence-corrected chi connectivity index (χ1v) is 15.3. The molecule has 2 aliphatic heterocycles. The summed E-state index contributed by atoms with van der Waals surface area (Å²) >= 11 is 1.47. The average Bonchev–Trinajstić information content (AvgIpc) is 3.64. The highest BCUT2D eigenvalue weighted by Crippen LogP contribution is 2.37. The van der Waals surface area contributed by atoms with Gasteiger partial charge in [0.05, 0.1) is 29.9 Å². The smallest absolute Gasteiger partial charge is 0.260 e. The van der Waals surface area contributed by atoms with E-state index >= 15 is 0 Å². The number of rotatable bonds is 9. The minimum Gasteiger partial charge on any atom is -0.494 e. The summed E-state index contributed by atoms with van der Waals surface area (Å²) in [6, 6.07) is 10.2. The second-order valence-corrected chi connectivity index (χ2v) is 12.6. The van der Waals surface area contributed by atoms with Gasteiger partial charge in [-0.2, -0.15) is 4.31 Å². The van der Waals surface area contributed by atoms with Gasteiger partial charge in [-0.3, -0.25) is 14.6 Å². The number of halogens is 1. The van der Waals surface area contributed by atoms with Gasteiger partial charge in [-0.25, -0.2) is 13.4 Å². The van der Waals surface area contributed by atoms with Crippen LogP contribution in [0.4, 0.5) is 5.13 Å². The van der Waals surface area contributed by atoms with Gasteiger partial charge in [-0.15, -0.1) is 12.4 Å². The first kappa shape index (κ1) is 29.7. The van der Waals surface area contributed by atoms with E-state index in [0.29, 0.717) is 36.1 Å². The molecule has 3 aromatic rings. The Balaban J connectivity index is 0.00000353. The molecule has 0 aliphatic carbocycles. The molecule has 2 aromatic carbocycles. The molecule has 5 rings (SSSR count). The fourth-order valence-electron chi connectivity index (χ4n) is 4.94. The van der Waals surface area contributed by atoms with Crippen LogP contribution in [-0.4, -0.2) is 88.1 Å². The van der Waals surface area contributed by atoms with E-state index in [-0.39, 0.29) is 23.2 Å². The van der Waals surface area contributed by atoms with E-state index in [0.717, 1.165) is 67.9 Å². The molecule has 2 saturated heterocycles. The quantitative estimate of drug-likeness (QED) is 0.367. The van der Waals surface area contributed by atoms with E-state index in [1.807, 2.05) is 19.1 Å². The van der Waals surface area contributed by atoms with Gasteiger partial charge in [0.2, 0.25) is 10.0 Å². The first-order chi connectivity index (χ1) is 18.4. The SMILES string of the molecule is COc1ccc(C)c2sc(N(CCCN3CCOCC3)C(=O)c3ccc(S(=O)(=O)N4CCCC4)cc3)nc12.Cl. The van der Waals surface area contributed by atoms with Crippen LogP contribution in [0.15, 0.2) is 41.3 Å². The van der Waals surface area contributed by atoms with Crippen LogP contribution in [0.2, 0.25) is 0 Å². The minimum absolute atomic E-state index is 0. The summed E-state index contributed by atoms with van der Waals surface area (Å²) in [5, 5.41) is 0.605. The van der Waals surface area contributed by atoms with Gasteiger partial charge in [0, 0.05) is 44.8 Å². The number of benzene rings is 2. The van der Waals surface area contributed by atoms with Gasteiger partial charge in [0.25, 0.3) is 5.91 Å². The fourth-order valence-corrected chi connectivity index (χ4v) is 7.54. The third-order valence-corrected chi connectivity index (χ3v) is 10.3. The first-order valence-electron chi connectivity index (χ1n) is 13.0. The molecule has 3 heterocycles. The Morgan fingerprint density at radius 2 is 1.77 bits per heavy atom. The monoisotopic (exact) mass is 594 g/mol.